The molecular formula is C20H21NO. The molecule has 0 bridgehead atoms. The van der Waals surface area contributed by atoms with Crippen molar-refractivity contribution < 1.29 is 4.79 Å². The summed E-state index contributed by atoms with van der Waals surface area (Å²) in [5.74, 6) is 6.78. The van der Waals surface area contributed by atoms with Crippen molar-refractivity contribution in [3.8, 4) is 11.8 Å². The summed E-state index contributed by atoms with van der Waals surface area (Å²) in [6, 6.07) is 17.3. The predicted octanol–water partition coefficient (Wildman–Crippen LogP) is 3.86. The van der Waals surface area contributed by atoms with Gasteiger partial charge in [0.2, 0.25) is 0 Å². The quantitative estimate of drug-likeness (QED) is 0.851. The number of amides is 1. The van der Waals surface area contributed by atoms with Crippen molar-refractivity contribution in [3.63, 3.8) is 0 Å². The van der Waals surface area contributed by atoms with E-state index in [1.165, 1.54) is 0 Å². The van der Waals surface area contributed by atoms with E-state index in [2.05, 4.69) is 31.0 Å². The van der Waals surface area contributed by atoms with Gasteiger partial charge in [-0.1, -0.05) is 43.9 Å². The normalized spacial score (nSPS) is 9.95. The Morgan fingerprint density at radius 2 is 1.55 bits per heavy atom. The number of hydrogen-bond acceptors (Lipinski definition) is 1. The van der Waals surface area contributed by atoms with Crippen molar-refractivity contribution in [1.29, 1.82) is 0 Å². The average molecular weight is 291 g/mol. The molecule has 0 aromatic heterocycles. The van der Waals surface area contributed by atoms with Crippen LogP contribution in [0.4, 0.5) is 0 Å². The second-order valence-electron chi connectivity index (χ2n) is 5.63. The Balaban J connectivity index is 1.96. The van der Waals surface area contributed by atoms with E-state index in [9.17, 15) is 4.79 Å². The summed E-state index contributed by atoms with van der Waals surface area (Å²) in [6.07, 6.45) is 0.992. The Hall–Kier alpha value is -2.53. The van der Waals surface area contributed by atoms with Gasteiger partial charge in [0, 0.05) is 23.2 Å². The molecule has 0 unspecified atom stereocenters. The van der Waals surface area contributed by atoms with Gasteiger partial charge >= 0.3 is 0 Å². The van der Waals surface area contributed by atoms with Crippen molar-refractivity contribution in [2.75, 3.05) is 6.54 Å². The van der Waals surface area contributed by atoms with Crippen LogP contribution in [0.3, 0.4) is 0 Å². The minimum absolute atomic E-state index is 0.0248. The van der Waals surface area contributed by atoms with Crippen LogP contribution in [0.25, 0.3) is 0 Å². The van der Waals surface area contributed by atoms with E-state index in [-0.39, 0.29) is 5.91 Å². The fraction of sp³-hybridized carbons (Fsp3) is 0.250. The van der Waals surface area contributed by atoms with Crippen molar-refractivity contribution in [1.82, 2.24) is 5.32 Å². The van der Waals surface area contributed by atoms with Crippen LogP contribution in [0.2, 0.25) is 0 Å². The summed E-state index contributed by atoms with van der Waals surface area (Å²) in [4.78, 5) is 12.0. The van der Waals surface area contributed by atoms with Crippen LogP contribution in [0, 0.1) is 17.8 Å². The highest BCUT2D eigenvalue weighted by Gasteiger charge is 2.04. The molecule has 0 aliphatic heterocycles. The second-order valence-corrected chi connectivity index (χ2v) is 5.63. The summed E-state index contributed by atoms with van der Waals surface area (Å²) in [5, 5.41) is 2.93. The van der Waals surface area contributed by atoms with Crippen LogP contribution in [0.5, 0.6) is 0 Å². The van der Waals surface area contributed by atoms with Crippen LogP contribution in [-0.4, -0.2) is 12.5 Å². The molecule has 2 aromatic carbocycles. The first-order valence-electron chi connectivity index (χ1n) is 7.60. The summed E-state index contributed by atoms with van der Waals surface area (Å²) < 4.78 is 0. The first-order valence-corrected chi connectivity index (χ1v) is 7.60. The molecule has 1 N–H and O–H groups in total. The van der Waals surface area contributed by atoms with Gasteiger partial charge in [0.1, 0.15) is 0 Å². The summed E-state index contributed by atoms with van der Waals surface area (Å²) in [6.45, 7) is 5.00. The lowest BCUT2D eigenvalue weighted by Gasteiger charge is -2.07. The largest absolute Gasteiger partial charge is 0.352 e. The standard InChI is InChI=1S/C20H21NO/c1-16(2)14-15-21-20(22)19-12-10-18(11-13-19)9-8-17-6-4-3-5-7-17/h3-7,10-13,16H,14-15H2,1-2H3,(H,21,22). The second kappa shape index (κ2) is 8.05. The smallest absolute Gasteiger partial charge is 0.251 e. The monoisotopic (exact) mass is 291 g/mol. The van der Waals surface area contributed by atoms with E-state index in [0.29, 0.717) is 18.0 Å². The molecule has 2 rings (SSSR count). The molecule has 2 nitrogen and oxygen atoms in total. The first-order chi connectivity index (χ1) is 10.6. The summed E-state index contributed by atoms with van der Waals surface area (Å²) in [7, 11) is 0. The number of hydrogen-bond donors (Lipinski definition) is 1. The summed E-state index contributed by atoms with van der Waals surface area (Å²) >= 11 is 0. The Morgan fingerprint density at radius 1 is 0.955 bits per heavy atom. The third-order valence-electron chi connectivity index (χ3n) is 3.28. The number of carbonyl (C=O) groups excluding carboxylic acids is 1. The van der Waals surface area contributed by atoms with Crippen molar-refractivity contribution in [3.05, 3.63) is 71.3 Å². The van der Waals surface area contributed by atoms with Crippen LogP contribution in [-0.2, 0) is 0 Å². The molecule has 0 aliphatic carbocycles. The average Bonchev–Trinajstić information content (AvgIpc) is 2.54. The van der Waals surface area contributed by atoms with E-state index in [1.54, 1.807) is 0 Å². The predicted molar refractivity (Wildman–Crippen MR) is 90.7 cm³/mol. The van der Waals surface area contributed by atoms with Crippen LogP contribution < -0.4 is 5.32 Å². The van der Waals surface area contributed by atoms with Gasteiger partial charge in [0.05, 0.1) is 0 Å². The fourth-order valence-electron chi connectivity index (χ4n) is 1.95. The molecule has 0 fully saturated rings. The number of nitrogens with one attached hydrogen (secondary N) is 1. The molecule has 0 radical (unpaired) electrons. The van der Waals surface area contributed by atoms with Gasteiger partial charge in [-0.05, 0) is 48.7 Å². The molecule has 1 amide bonds. The zero-order valence-corrected chi connectivity index (χ0v) is 13.1. The van der Waals surface area contributed by atoms with E-state index < -0.39 is 0 Å². The van der Waals surface area contributed by atoms with Crippen LogP contribution in [0.1, 0.15) is 41.8 Å². The SMILES string of the molecule is CC(C)CCNC(=O)c1ccc(C#Cc2ccccc2)cc1. The molecule has 0 spiro atoms. The number of carbonyl (C=O) groups is 1. The van der Waals surface area contributed by atoms with Gasteiger partial charge in [0.15, 0.2) is 0 Å². The molecular weight excluding hydrogens is 270 g/mol. The van der Waals surface area contributed by atoms with E-state index >= 15 is 0 Å². The molecule has 0 saturated carbocycles. The fourth-order valence-corrected chi connectivity index (χ4v) is 1.95. The molecule has 112 valence electrons. The van der Waals surface area contributed by atoms with E-state index in [4.69, 9.17) is 0 Å². The maximum absolute atomic E-state index is 12.0. The zero-order chi connectivity index (χ0) is 15.8. The van der Waals surface area contributed by atoms with Crippen molar-refractivity contribution >= 4 is 5.91 Å². The van der Waals surface area contributed by atoms with Crippen LogP contribution in [0.15, 0.2) is 54.6 Å². The lowest BCUT2D eigenvalue weighted by molar-refractivity contribution is 0.0952. The van der Waals surface area contributed by atoms with E-state index in [0.717, 1.165) is 17.5 Å². The molecule has 2 heteroatoms. The molecule has 2 aromatic rings. The van der Waals surface area contributed by atoms with Gasteiger partial charge in [-0.25, -0.2) is 0 Å². The Morgan fingerprint density at radius 3 is 2.14 bits per heavy atom. The third-order valence-corrected chi connectivity index (χ3v) is 3.28. The molecule has 0 saturated heterocycles. The zero-order valence-electron chi connectivity index (χ0n) is 13.1. The lowest BCUT2D eigenvalue weighted by atomic mass is 10.1. The maximum Gasteiger partial charge on any atom is 0.251 e. The highest BCUT2D eigenvalue weighted by atomic mass is 16.1. The molecule has 0 atom stereocenters. The molecule has 0 heterocycles. The topological polar surface area (TPSA) is 29.1 Å². The van der Waals surface area contributed by atoms with Gasteiger partial charge < -0.3 is 5.32 Å². The minimum Gasteiger partial charge on any atom is -0.352 e. The molecule has 0 aliphatic rings. The molecule has 22 heavy (non-hydrogen) atoms. The number of rotatable bonds is 4. The van der Waals surface area contributed by atoms with Gasteiger partial charge in [-0.2, -0.15) is 0 Å². The lowest BCUT2D eigenvalue weighted by Crippen LogP contribution is -2.25. The van der Waals surface area contributed by atoms with Crippen LogP contribution >= 0.6 is 0 Å². The van der Waals surface area contributed by atoms with Crippen molar-refractivity contribution in [2.45, 2.75) is 20.3 Å². The Labute approximate surface area is 132 Å². The van der Waals surface area contributed by atoms with Gasteiger partial charge in [-0.3, -0.25) is 4.79 Å². The summed E-state index contributed by atoms with van der Waals surface area (Å²) in [5.41, 5.74) is 2.56. The highest BCUT2D eigenvalue weighted by molar-refractivity contribution is 5.94. The van der Waals surface area contributed by atoms with Crippen molar-refractivity contribution in [2.24, 2.45) is 5.92 Å². The highest BCUT2D eigenvalue weighted by Crippen LogP contribution is 2.05. The first kappa shape index (κ1) is 15.9. The van der Waals surface area contributed by atoms with Gasteiger partial charge in [0.25, 0.3) is 5.91 Å². The van der Waals surface area contributed by atoms with Gasteiger partial charge in [-0.15, -0.1) is 0 Å². The maximum atomic E-state index is 12.0. The minimum atomic E-state index is -0.0248. The Bertz CT molecular complexity index is 660. The number of benzene rings is 2. The third kappa shape index (κ3) is 5.10. The Kier molecular flexibility index (Phi) is 5.80. The van der Waals surface area contributed by atoms with E-state index in [1.807, 2.05) is 54.6 Å².